The number of fused-ring (bicyclic) bond motifs is 1. The molecule has 0 aromatic heterocycles. The van der Waals surface area contributed by atoms with Crippen LogP contribution in [0.5, 0.6) is 0 Å². The summed E-state index contributed by atoms with van der Waals surface area (Å²) in [5, 5.41) is 0. The molecule has 0 bridgehead atoms. The van der Waals surface area contributed by atoms with Gasteiger partial charge < -0.3 is 9.47 Å². The molecule has 0 spiro atoms. The summed E-state index contributed by atoms with van der Waals surface area (Å²) in [6.45, 7) is 10.8. The summed E-state index contributed by atoms with van der Waals surface area (Å²) >= 11 is 0. The molecule has 1 aliphatic rings. The molecular formula is C26H36N4O7. The average molecular weight is 517 g/mol. The van der Waals surface area contributed by atoms with Gasteiger partial charge in [0.1, 0.15) is 16.9 Å². The molecule has 1 aromatic carbocycles. The number of imide groups is 1. The Hall–Kier alpha value is -3.60. The number of unbranched alkanes of at least 4 members (excludes halogenated alkanes) is 1. The van der Waals surface area contributed by atoms with E-state index in [4.69, 9.17) is 9.47 Å². The molecule has 37 heavy (non-hydrogen) atoms. The number of esters is 2. The molecule has 0 atom stereocenters. The highest BCUT2D eigenvalue weighted by Crippen LogP contribution is 2.22. The standard InChI is InChI=1S/C26H36N4O7/c1-25(2,3)36-20(31)14-13-19(23(34)37-26(4,5)6)28-24(35)29-27-15-9-10-16-30-21(32)17-11-7-8-12-18(17)22(30)33/h7-8,11-12,27H,9-10,13-16H2,1-6H3,(H,29,35)/b28-19+. The quantitative estimate of drug-likeness (QED) is 0.159. The maximum absolute atomic E-state index is 12.5. The molecule has 0 fully saturated rings. The molecule has 1 aromatic rings. The van der Waals surface area contributed by atoms with Crippen LogP contribution in [0.4, 0.5) is 4.79 Å². The Morgan fingerprint density at radius 1 is 0.865 bits per heavy atom. The predicted octanol–water partition coefficient (Wildman–Crippen LogP) is 3.18. The Balaban J connectivity index is 1.82. The van der Waals surface area contributed by atoms with E-state index < -0.39 is 29.2 Å². The molecule has 0 unspecified atom stereocenters. The lowest BCUT2D eigenvalue weighted by Gasteiger charge is -2.21. The van der Waals surface area contributed by atoms with Gasteiger partial charge in [0.05, 0.1) is 17.5 Å². The van der Waals surface area contributed by atoms with Gasteiger partial charge in [0.15, 0.2) is 0 Å². The van der Waals surface area contributed by atoms with Crippen LogP contribution in [0.1, 0.15) is 87.9 Å². The molecule has 0 saturated heterocycles. The van der Waals surface area contributed by atoms with Gasteiger partial charge >= 0.3 is 18.0 Å². The monoisotopic (exact) mass is 516 g/mol. The summed E-state index contributed by atoms with van der Waals surface area (Å²) in [6, 6.07) is 5.87. The van der Waals surface area contributed by atoms with Crippen LogP contribution >= 0.6 is 0 Å². The third-order valence-corrected chi connectivity index (χ3v) is 4.86. The van der Waals surface area contributed by atoms with Crippen LogP contribution < -0.4 is 10.9 Å². The number of hydrazine groups is 1. The number of ether oxygens (including phenoxy) is 2. The van der Waals surface area contributed by atoms with E-state index in [0.717, 1.165) is 0 Å². The Morgan fingerprint density at radius 2 is 1.43 bits per heavy atom. The molecule has 1 heterocycles. The van der Waals surface area contributed by atoms with Crippen molar-refractivity contribution < 1.29 is 33.4 Å². The van der Waals surface area contributed by atoms with Crippen molar-refractivity contribution in [1.29, 1.82) is 0 Å². The second-order valence-electron chi connectivity index (χ2n) is 10.5. The Morgan fingerprint density at radius 3 is 1.97 bits per heavy atom. The molecular weight excluding hydrogens is 480 g/mol. The Bertz CT molecular complexity index is 1030. The van der Waals surface area contributed by atoms with Gasteiger partial charge in [-0.1, -0.05) is 12.1 Å². The number of urea groups is 1. The van der Waals surface area contributed by atoms with E-state index in [2.05, 4.69) is 15.8 Å². The summed E-state index contributed by atoms with van der Waals surface area (Å²) in [5.41, 5.74) is 4.19. The van der Waals surface area contributed by atoms with Gasteiger partial charge in [-0.05, 0) is 66.5 Å². The second-order valence-corrected chi connectivity index (χ2v) is 10.5. The normalized spacial score (nSPS) is 13.9. The molecule has 11 nitrogen and oxygen atoms in total. The second kappa shape index (κ2) is 12.6. The van der Waals surface area contributed by atoms with E-state index in [1.165, 1.54) is 4.90 Å². The van der Waals surface area contributed by atoms with E-state index in [-0.39, 0.29) is 36.9 Å². The van der Waals surface area contributed by atoms with Crippen molar-refractivity contribution in [2.24, 2.45) is 4.99 Å². The third-order valence-electron chi connectivity index (χ3n) is 4.86. The number of carbonyl (C=O) groups excluding carboxylic acids is 5. The van der Waals surface area contributed by atoms with E-state index in [1.807, 2.05) is 0 Å². The topological polar surface area (TPSA) is 143 Å². The van der Waals surface area contributed by atoms with Gasteiger partial charge in [0.2, 0.25) is 0 Å². The van der Waals surface area contributed by atoms with E-state index >= 15 is 0 Å². The van der Waals surface area contributed by atoms with Crippen molar-refractivity contribution in [3.63, 3.8) is 0 Å². The average Bonchev–Trinajstić information content (AvgIpc) is 3.01. The first-order chi connectivity index (χ1) is 17.2. The van der Waals surface area contributed by atoms with Gasteiger partial charge in [-0.15, -0.1) is 0 Å². The van der Waals surface area contributed by atoms with Gasteiger partial charge in [0, 0.05) is 19.5 Å². The minimum absolute atomic E-state index is 0.127. The zero-order chi connectivity index (χ0) is 27.8. The lowest BCUT2D eigenvalue weighted by atomic mass is 10.1. The summed E-state index contributed by atoms with van der Waals surface area (Å²) < 4.78 is 10.5. The molecule has 202 valence electrons. The van der Waals surface area contributed by atoms with Crippen LogP contribution in [0.25, 0.3) is 0 Å². The SMILES string of the molecule is CC(C)(C)OC(=O)CC/C(=N\C(=O)NNCCCCN1C(=O)c2ccccc2C1=O)C(=O)OC(C)(C)C. The third kappa shape index (κ3) is 9.76. The van der Waals surface area contributed by atoms with Crippen molar-refractivity contribution in [2.45, 2.75) is 78.4 Å². The maximum atomic E-state index is 12.5. The van der Waals surface area contributed by atoms with Crippen molar-refractivity contribution in [3.05, 3.63) is 35.4 Å². The summed E-state index contributed by atoms with van der Waals surface area (Å²) in [4.78, 5) is 66.6. The number of benzene rings is 1. The molecule has 2 N–H and O–H groups in total. The van der Waals surface area contributed by atoms with E-state index in [9.17, 15) is 24.0 Å². The van der Waals surface area contributed by atoms with Crippen molar-refractivity contribution in [1.82, 2.24) is 15.8 Å². The van der Waals surface area contributed by atoms with Crippen LogP contribution in [-0.4, -0.2) is 64.7 Å². The number of amides is 4. The van der Waals surface area contributed by atoms with Crippen molar-refractivity contribution >= 4 is 35.5 Å². The number of hydrogen-bond acceptors (Lipinski definition) is 8. The van der Waals surface area contributed by atoms with Gasteiger partial charge in [-0.3, -0.25) is 24.7 Å². The van der Waals surface area contributed by atoms with Crippen molar-refractivity contribution in [2.75, 3.05) is 13.1 Å². The Labute approximate surface area is 216 Å². The van der Waals surface area contributed by atoms with Gasteiger partial charge in [0.25, 0.3) is 11.8 Å². The van der Waals surface area contributed by atoms with Crippen LogP contribution in [0.2, 0.25) is 0 Å². The number of nitrogens with one attached hydrogen (secondary N) is 2. The molecule has 1 aliphatic heterocycles. The molecule has 0 saturated carbocycles. The lowest BCUT2D eigenvalue weighted by Crippen LogP contribution is -2.38. The number of rotatable bonds is 10. The minimum atomic E-state index is -0.828. The molecule has 11 heteroatoms. The van der Waals surface area contributed by atoms with Crippen LogP contribution in [0.15, 0.2) is 29.3 Å². The lowest BCUT2D eigenvalue weighted by molar-refractivity contribution is -0.154. The van der Waals surface area contributed by atoms with Crippen molar-refractivity contribution in [3.8, 4) is 0 Å². The fourth-order valence-electron chi connectivity index (χ4n) is 3.37. The molecule has 4 amide bonds. The zero-order valence-corrected chi connectivity index (χ0v) is 22.3. The van der Waals surface area contributed by atoms with E-state index in [0.29, 0.717) is 30.5 Å². The number of nitrogens with zero attached hydrogens (tertiary/aromatic N) is 2. The first-order valence-electron chi connectivity index (χ1n) is 12.2. The zero-order valence-electron chi connectivity index (χ0n) is 22.3. The molecule has 0 radical (unpaired) electrons. The number of carbonyl (C=O) groups is 5. The largest absolute Gasteiger partial charge is 0.460 e. The molecule has 0 aliphatic carbocycles. The van der Waals surface area contributed by atoms with Crippen LogP contribution in [0.3, 0.4) is 0 Å². The highest BCUT2D eigenvalue weighted by Gasteiger charge is 2.34. The summed E-state index contributed by atoms with van der Waals surface area (Å²) in [5.74, 6) is -1.94. The predicted molar refractivity (Wildman–Crippen MR) is 136 cm³/mol. The minimum Gasteiger partial charge on any atom is -0.460 e. The highest BCUT2D eigenvalue weighted by molar-refractivity contribution is 6.38. The first kappa shape index (κ1) is 29.6. The fourth-order valence-corrected chi connectivity index (χ4v) is 3.37. The van der Waals surface area contributed by atoms with Crippen LogP contribution in [-0.2, 0) is 19.1 Å². The Kier molecular flexibility index (Phi) is 10.1. The first-order valence-corrected chi connectivity index (χ1v) is 12.2. The number of aliphatic imine (C=N–C) groups is 1. The molecule has 2 rings (SSSR count). The maximum Gasteiger partial charge on any atom is 0.355 e. The van der Waals surface area contributed by atoms with Gasteiger partial charge in [-0.25, -0.2) is 15.0 Å². The van der Waals surface area contributed by atoms with Crippen LogP contribution in [0, 0.1) is 0 Å². The summed E-state index contributed by atoms with van der Waals surface area (Å²) in [6.07, 6.45) is 0.803. The fraction of sp³-hybridized carbons (Fsp3) is 0.538. The number of hydrogen-bond donors (Lipinski definition) is 2. The van der Waals surface area contributed by atoms with Gasteiger partial charge in [-0.2, -0.15) is 4.99 Å². The smallest absolute Gasteiger partial charge is 0.355 e. The summed E-state index contributed by atoms with van der Waals surface area (Å²) in [7, 11) is 0. The highest BCUT2D eigenvalue weighted by atomic mass is 16.6. The van der Waals surface area contributed by atoms with E-state index in [1.54, 1.807) is 65.8 Å².